The number of nitrogens with zero attached hydrogens (tertiary/aromatic N) is 1. The van der Waals surface area contributed by atoms with Crippen LogP contribution in [0.3, 0.4) is 0 Å². The Kier molecular flexibility index (Phi) is 10.4. The van der Waals surface area contributed by atoms with Gasteiger partial charge in [0.2, 0.25) is 11.8 Å². The van der Waals surface area contributed by atoms with Crippen molar-refractivity contribution in [2.24, 2.45) is 5.92 Å². The summed E-state index contributed by atoms with van der Waals surface area (Å²) in [5.41, 5.74) is -0.620. The average Bonchev–Trinajstić information content (AvgIpc) is 2.49. The van der Waals surface area contributed by atoms with Gasteiger partial charge in [-0.2, -0.15) is 23.5 Å². The zero-order chi connectivity index (χ0) is 18.9. The number of allylic oxidation sites excluding steroid dienone is 1. The average molecular weight is 376 g/mol. The summed E-state index contributed by atoms with van der Waals surface area (Å²) in [6.07, 6.45) is 6.13. The number of amides is 2. The fourth-order valence-corrected chi connectivity index (χ4v) is 3.79. The monoisotopic (exact) mass is 375 g/mol. The fraction of sp³-hybridized carbons (Fsp3) is 0.706. The Labute approximate surface area is 153 Å². The van der Waals surface area contributed by atoms with Crippen LogP contribution in [-0.2, 0) is 19.1 Å². The number of carbonyl (C=O) groups is 3. The predicted octanol–water partition coefficient (Wildman–Crippen LogP) is 3.34. The molecule has 0 N–H and O–H groups in total. The maximum Gasteiger partial charge on any atom is 0.311 e. The van der Waals surface area contributed by atoms with Crippen molar-refractivity contribution in [2.45, 2.75) is 50.2 Å². The number of hydrogen-bond acceptors (Lipinski definition) is 6. The molecule has 0 aromatic carbocycles. The highest BCUT2D eigenvalue weighted by Gasteiger charge is 2.34. The predicted molar refractivity (Wildman–Crippen MR) is 102 cm³/mol. The molecule has 0 aromatic heterocycles. The van der Waals surface area contributed by atoms with E-state index in [1.807, 2.05) is 12.5 Å². The van der Waals surface area contributed by atoms with Gasteiger partial charge in [0, 0.05) is 19.9 Å². The Morgan fingerprint density at radius 3 is 2.12 bits per heavy atom. The first kappa shape index (κ1) is 23.1. The molecule has 24 heavy (non-hydrogen) atoms. The number of rotatable bonds is 9. The van der Waals surface area contributed by atoms with E-state index in [1.165, 1.54) is 30.6 Å². The van der Waals surface area contributed by atoms with Crippen molar-refractivity contribution in [3.05, 3.63) is 12.7 Å². The minimum Gasteiger partial charge on any atom is -0.460 e. The zero-order valence-electron chi connectivity index (χ0n) is 15.5. The van der Waals surface area contributed by atoms with E-state index in [0.717, 1.165) is 4.90 Å². The molecule has 2 amide bonds. The Bertz CT molecular complexity index is 456. The zero-order valence-corrected chi connectivity index (χ0v) is 17.1. The van der Waals surface area contributed by atoms with E-state index in [4.69, 9.17) is 4.74 Å². The quantitative estimate of drug-likeness (QED) is 0.350. The van der Waals surface area contributed by atoms with Crippen molar-refractivity contribution in [3.63, 3.8) is 0 Å². The molecule has 0 saturated carbocycles. The van der Waals surface area contributed by atoms with E-state index in [2.05, 4.69) is 6.58 Å². The van der Waals surface area contributed by atoms with Crippen LogP contribution in [0.2, 0.25) is 0 Å². The van der Waals surface area contributed by atoms with Crippen LogP contribution in [0.4, 0.5) is 0 Å². The van der Waals surface area contributed by atoms with E-state index in [-0.39, 0.29) is 29.2 Å². The summed E-state index contributed by atoms with van der Waals surface area (Å²) in [5.74, 6) is -1.64. The lowest BCUT2D eigenvalue weighted by Crippen LogP contribution is -2.39. The number of hydrogen-bond donors (Lipinski definition) is 0. The molecular weight excluding hydrogens is 346 g/mol. The van der Waals surface area contributed by atoms with Gasteiger partial charge in [0.15, 0.2) is 0 Å². The smallest absolute Gasteiger partial charge is 0.311 e. The maximum absolute atomic E-state index is 12.5. The number of esters is 1. The Balaban J connectivity index is 5.11. The van der Waals surface area contributed by atoms with Gasteiger partial charge in [-0.05, 0) is 39.7 Å². The van der Waals surface area contributed by atoms with Crippen molar-refractivity contribution >= 4 is 41.3 Å². The molecule has 0 heterocycles. The third kappa shape index (κ3) is 8.24. The lowest BCUT2D eigenvalue weighted by atomic mass is 10.1. The summed E-state index contributed by atoms with van der Waals surface area (Å²) < 4.78 is 5.35. The summed E-state index contributed by atoms with van der Waals surface area (Å²) in [4.78, 5) is 38.0. The van der Waals surface area contributed by atoms with E-state index in [0.29, 0.717) is 6.42 Å². The number of carbonyl (C=O) groups excluding carboxylic acids is 3. The maximum atomic E-state index is 12.5. The second-order valence-electron chi connectivity index (χ2n) is 6.36. The highest BCUT2D eigenvalue weighted by molar-refractivity contribution is 8.16. The van der Waals surface area contributed by atoms with Gasteiger partial charge in [-0.1, -0.05) is 6.08 Å². The molecule has 0 bridgehead atoms. The molecule has 0 fully saturated rings. The first-order valence-corrected chi connectivity index (χ1v) is 10.3. The van der Waals surface area contributed by atoms with Crippen LogP contribution in [0, 0.1) is 5.92 Å². The van der Waals surface area contributed by atoms with Crippen molar-refractivity contribution in [1.82, 2.24) is 4.90 Å². The molecule has 0 aromatic rings. The van der Waals surface area contributed by atoms with Crippen molar-refractivity contribution in [1.29, 1.82) is 0 Å². The molecule has 0 radical (unpaired) electrons. The van der Waals surface area contributed by atoms with E-state index in [9.17, 15) is 14.4 Å². The molecule has 0 aliphatic carbocycles. The minimum atomic E-state index is -0.620. The fourth-order valence-electron chi connectivity index (χ4n) is 1.95. The Morgan fingerprint density at radius 2 is 1.71 bits per heavy atom. The van der Waals surface area contributed by atoms with Gasteiger partial charge in [0.1, 0.15) is 5.60 Å². The van der Waals surface area contributed by atoms with Crippen molar-refractivity contribution in [3.8, 4) is 0 Å². The first-order valence-electron chi connectivity index (χ1n) is 7.76. The second kappa shape index (κ2) is 10.8. The summed E-state index contributed by atoms with van der Waals surface area (Å²) in [6, 6.07) is 0. The molecule has 0 spiro atoms. The van der Waals surface area contributed by atoms with E-state index >= 15 is 0 Å². The van der Waals surface area contributed by atoms with Crippen LogP contribution in [0.15, 0.2) is 12.7 Å². The Hall–Kier alpha value is -0.950. The molecule has 0 rings (SSSR count). The summed E-state index contributed by atoms with van der Waals surface area (Å²) in [7, 11) is 1.45. The SMILES string of the molecule is C=CCCC(=O)N(C)C(=O)CC(C(=O)OC(C)(C)C)C(SC)SC. The molecule has 138 valence electrons. The van der Waals surface area contributed by atoms with Gasteiger partial charge in [-0.25, -0.2) is 0 Å². The highest BCUT2D eigenvalue weighted by Crippen LogP contribution is 2.31. The minimum absolute atomic E-state index is 0.0441. The van der Waals surface area contributed by atoms with Gasteiger partial charge in [-0.3, -0.25) is 19.3 Å². The van der Waals surface area contributed by atoms with Crippen LogP contribution in [-0.4, -0.2) is 52.4 Å². The van der Waals surface area contributed by atoms with Crippen LogP contribution in [0.5, 0.6) is 0 Å². The number of imide groups is 1. The van der Waals surface area contributed by atoms with Gasteiger partial charge < -0.3 is 4.74 Å². The normalized spacial score (nSPS) is 12.6. The summed E-state index contributed by atoms with van der Waals surface area (Å²) >= 11 is 3.00. The lowest BCUT2D eigenvalue weighted by Gasteiger charge is -2.28. The lowest BCUT2D eigenvalue weighted by molar-refractivity contribution is -0.162. The van der Waals surface area contributed by atoms with Crippen LogP contribution in [0.25, 0.3) is 0 Å². The van der Waals surface area contributed by atoms with Crippen LogP contribution < -0.4 is 0 Å². The first-order chi connectivity index (χ1) is 11.1. The van der Waals surface area contributed by atoms with Gasteiger partial charge >= 0.3 is 5.97 Å². The highest BCUT2D eigenvalue weighted by atomic mass is 32.2. The summed E-state index contributed by atoms with van der Waals surface area (Å²) in [6.45, 7) is 8.95. The molecule has 1 unspecified atom stereocenters. The van der Waals surface area contributed by atoms with Gasteiger partial charge in [-0.15, -0.1) is 6.58 Å². The number of thioether (sulfide) groups is 2. The topological polar surface area (TPSA) is 63.7 Å². The van der Waals surface area contributed by atoms with E-state index in [1.54, 1.807) is 26.8 Å². The summed E-state index contributed by atoms with van der Waals surface area (Å²) in [5, 5.41) is 0. The third-order valence-electron chi connectivity index (χ3n) is 3.21. The molecule has 7 heteroatoms. The van der Waals surface area contributed by atoms with Crippen LogP contribution >= 0.6 is 23.5 Å². The molecule has 0 aliphatic heterocycles. The van der Waals surface area contributed by atoms with E-state index < -0.39 is 17.5 Å². The molecule has 0 aliphatic rings. The largest absolute Gasteiger partial charge is 0.460 e. The molecule has 0 saturated heterocycles. The van der Waals surface area contributed by atoms with Crippen molar-refractivity contribution in [2.75, 3.05) is 19.6 Å². The molecule has 1 atom stereocenters. The van der Waals surface area contributed by atoms with Crippen LogP contribution in [0.1, 0.15) is 40.0 Å². The van der Waals surface area contributed by atoms with Crippen molar-refractivity contribution < 1.29 is 19.1 Å². The second-order valence-corrected chi connectivity index (χ2v) is 8.61. The molecule has 5 nitrogen and oxygen atoms in total. The third-order valence-corrected chi connectivity index (χ3v) is 5.95. The number of ether oxygens (including phenoxy) is 1. The van der Waals surface area contributed by atoms with Gasteiger partial charge in [0.05, 0.1) is 10.5 Å². The van der Waals surface area contributed by atoms with Gasteiger partial charge in [0.25, 0.3) is 0 Å². The Morgan fingerprint density at radius 1 is 1.17 bits per heavy atom. The molecular formula is C17H29NO4S2. The standard InChI is InChI=1S/C17H29NO4S2/c1-8-9-10-13(19)18(5)14(20)11-12(16(23-6)24-7)15(21)22-17(2,3)4/h8,12,16H,1,9-11H2,2-7H3.